The van der Waals surface area contributed by atoms with E-state index in [0.29, 0.717) is 24.1 Å². The number of nitriles is 1. The van der Waals surface area contributed by atoms with Crippen molar-refractivity contribution >= 4 is 22.9 Å². The van der Waals surface area contributed by atoms with Gasteiger partial charge in [-0.05, 0) is 54.0 Å². The minimum Gasteiger partial charge on any atom is -0.512 e. The van der Waals surface area contributed by atoms with Gasteiger partial charge in [-0.2, -0.15) is 9.47 Å². The normalized spacial score (nSPS) is 18.5. The number of ether oxygens (including phenoxy) is 1. The second-order valence-electron chi connectivity index (χ2n) is 11.7. The number of anilines is 1. The van der Waals surface area contributed by atoms with E-state index in [1.165, 1.54) is 18.3 Å². The molecule has 0 saturated carbocycles. The number of pyridine rings is 1. The molecule has 0 amide bonds. The Bertz CT molecular complexity index is 1490. The van der Waals surface area contributed by atoms with Crippen LogP contribution in [0.4, 0.5) is 5.69 Å². The molecule has 2 N–H and O–H groups in total. The number of benzene rings is 2. The monoisotopic (exact) mass is 587 g/mol. The third-order valence-electron chi connectivity index (χ3n) is 7.35. The van der Waals surface area contributed by atoms with E-state index in [0.717, 1.165) is 24.0 Å². The minimum atomic E-state index is -1.97. The van der Waals surface area contributed by atoms with Crippen LogP contribution < -0.4 is 8.91 Å². The highest BCUT2D eigenvalue weighted by atomic mass is 32.2. The van der Waals surface area contributed by atoms with Crippen LogP contribution in [0.1, 0.15) is 76.0 Å². The fourth-order valence-corrected chi connectivity index (χ4v) is 6.15. The summed E-state index contributed by atoms with van der Waals surface area (Å²) in [6.07, 6.45) is 4.43. The van der Waals surface area contributed by atoms with Gasteiger partial charge in [0, 0.05) is 30.3 Å². The molecular weight excluding hydrogens is 550 g/mol. The van der Waals surface area contributed by atoms with Crippen molar-refractivity contribution in [3.8, 4) is 11.9 Å². The van der Waals surface area contributed by atoms with E-state index >= 15 is 0 Å². The Morgan fingerprint density at radius 2 is 1.90 bits per heavy atom. The zero-order chi connectivity index (χ0) is 30.3. The first-order chi connectivity index (χ1) is 20.0. The molecule has 1 aromatic heterocycles. The van der Waals surface area contributed by atoms with Gasteiger partial charge in [-0.25, -0.2) is 9.78 Å². The molecule has 0 aliphatic carbocycles. The van der Waals surface area contributed by atoms with Gasteiger partial charge in [0.15, 0.2) is 0 Å². The lowest BCUT2D eigenvalue weighted by atomic mass is 9.70. The number of esters is 1. The van der Waals surface area contributed by atoms with Gasteiger partial charge in [-0.15, -0.1) is 0 Å². The smallest absolute Gasteiger partial charge is 0.338 e. The van der Waals surface area contributed by atoms with E-state index in [1.807, 2.05) is 51.1 Å². The zero-order valence-electron chi connectivity index (χ0n) is 24.4. The summed E-state index contributed by atoms with van der Waals surface area (Å²) in [6, 6.07) is 22.2. The van der Waals surface area contributed by atoms with Crippen LogP contribution in [-0.4, -0.2) is 25.9 Å². The zero-order valence-corrected chi connectivity index (χ0v) is 25.2. The largest absolute Gasteiger partial charge is 0.512 e. The van der Waals surface area contributed by atoms with Crippen LogP contribution in [-0.2, 0) is 27.2 Å². The first-order valence-electron chi connectivity index (χ1n) is 14.1. The van der Waals surface area contributed by atoms with E-state index in [9.17, 15) is 14.1 Å². The fraction of sp³-hybridized carbons (Fsp3) is 0.364. The Hall–Kier alpha value is -4.16. The Morgan fingerprint density at radius 1 is 1.14 bits per heavy atom. The predicted octanol–water partition coefficient (Wildman–Crippen LogP) is 7.08. The van der Waals surface area contributed by atoms with Gasteiger partial charge < -0.3 is 14.0 Å². The number of aliphatic hydroxyl groups is 1. The van der Waals surface area contributed by atoms with Gasteiger partial charge in [-0.1, -0.05) is 76.6 Å². The van der Waals surface area contributed by atoms with Crippen molar-refractivity contribution in [3.63, 3.8) is 0 Å². The molecule has 3 aromatic rings. The second kappa shape index (κ2) is 13.2. The topological polar surface area (TPSA) is 122 Å². The fourth-order valence-electron chi connectivity index (χ4n) is 5.54. The molecule has 0 fully saturated rings. The first kappa shape index (κ1) is 30.8. The van der Waals surface area contributed by atoms with Crippen molar-refractivity contribution in [1.29, 1.82) is 5.26 Å². The van der Waals surface area contributed by atoms with E-state index in [1.54, 1.807) is 18.2 Å². The van der Waals surface area contributed by atoms with Crippen LogP contribution in [0.5, 0.6) is 5.88 Å². The van der Waals surface area contributed by atoms with Crippen LogP contribution in [0.2, 0.25) is 0 Å². The summed E-state index contributed by atoms with van der Waals surface area (Å²) in [4.78, 5) is 17.7. The number of hydrogen-bond acceptors (Lipinski definition) is 7. The van der Waals surface area contributed by atoms with Crippen LogP contribution in [0, 0.1) is 16.7 Å². The maximum atomic E-state index is 13.7. The van der Waals surface area contributed by atoms with Crippen molar-refractivity contribution in [3.05, 3.63) is 101 Å². The molecule has 220 valence electrons. The molecule has 1 aliphatic rings. The molecule has 42 heavy (non-hydrogen) atoms. The Kier molecular flexibility index (Phi) is 9.69. The van der Waals surface area contributed by atoms with Crippen molar-refractivity contribution in [2.24, 2.45) is 5.41 Å². The van der Waals surface area contributed by atoms with Gasteiger partial charge >= 0.3 is 17.2 Å². The number of hydrogen-bond donors (Lipinski definition) is 2. The molecule has 8 nitrogen and oxygen atoms in total. The lowest BCUT2D eigenvalue weighted by molar-refractivity contribution is -0.161. The van der Waals surface area contributed by atoms with Gasteiger partial charge in [-0.3, -0.25) is 4.72 Å². The summed E-state index contributed by atoms with van der Waals surface area (Å²) < 4.78 is 27.1. The number of carbonyl (C=O) groups excluding carboxylic acids is 1. The lowest BCUT2D eigenvalue weighted by Crippen LogP contribution is -2.43. The number of nitrogens with zero attached hydrogens (tertiary/aromatic N) is 2. The summed E-state index contributed by atoms with van der Waals surface area (Å²) in [6.45, 7) is 8.07. The standard InChI is InChI=1S/C33H37N3O5S/c1-5-17-33(18-16-23-10-7-6-8-11-23)20-27(37)29(31(38)40-33)30(32(2,3)4)25-12-9-13-26(19-25)36-42(39)41-28-15-14-24(21-34)22-35-28/h6-15,19,22,30,36-37H,5,16-18,20H2,1-4H3/t30-,33+,42?/m0/s1. The van der Waals surface area contributed by atoms with Crippen LogP contribution in [0.25, 0.3) is 0 Å². The quantitative estimate of drug-likeness (QED) is 0.230. The molecule has 9 heteroatoms. The van der Waals surface area contributed by atoms with Gasteiger partial charge in [0.1, 0.15) is 17.4 Å². The SMILES string of the molecule is CCC[C@@]1(CCc2ccccc2)CC(O)=C([C@H](c2cccc(NS(=O)Oc3ccc(C#N)cn3)c2)C(C)(C)C)C(=O)O1. The maximum Gasteiger partial charge on any atom is 0.338 e. The summed E-state index contributed by atoms with van der Waals surface area (Å²) in [5, 5.41) is 20.4. The molecule has 4 rings (SSSR count). The molecular formula is C33H37N3O5S. The number of aromatic nitrogens is 1. The number of carbonyl (C=O) groups is 1. The van der Waals surface area contributed by atoms with Gasteiger partial charge in [0.25, 0.3) is 0 Å². The van der Waals surface area contributed by atoms with Crippen molar-refractivity contribution in [1.82, 2.24) is 4.98 Å². The highest BCUT2D eigenvalue weighted by Crippen LogP contribution is 2.47. The van der Waals surface area contributed by atoms with E-state index in [2.05, 4.69) is 28.8 Å². The summed E-state index contributed by atoms with van der Waals surface area (Å²) in [5.41, 5.74) is 1.81. The molecule has 1 unspecified atom stereocenters. The number of rotatable bonds is 11. The number of nitrogens with one attached hydrogen (secondary N) is 1. The predicted molar refractivity (Wildman–Crippen MR) is 163 cm³/mol. The Morgan fingerprint density at radius 3 is 2.52 bits per heavy atom. The van der Waals surface area contributed by atoms with Crippen molar-refractivity contribution in [2.75, 3.05) is 4.72 Å². The van der Waals surface area contributed by atoms with E-state index < -0.39 is 34.2 Å². The van der Waals surface area contributed by atoms with Crippen molar-refractivity contribution in [2.45, 2.75) is 71.3 Å². The molecule has 2 aromatic carbocycles. The molecule has 0 radical (unpaired) electrons. The van der Waals surface area contributed by atoms with Gasteiger partial charge in [0.2, 0.25) is 5.88 Å². The number of cyclic esters (lactones) is 1. The molecule has 1 aliphatic heterocycles. The highest BCUT2D eigenvalue weighted by Gasteiger charge is 2.46. The molecule has 0 spiro atoms. The highest BCUT2D eigenvalue weighted by molar-refractivity contribution is 7.81. The first-order valence-corrected chi connectivity index (χ1v) is 15.1. The third kappa shape index (κ3) is 7.56. The maximum absolute atomic E-state index is 13.7. The van der Waals surface area contributed by atoms with Crippen LogP contribution in [0.15, 0.2) is 84.3 Å². The molecule has 0 saturated heterocycles. The lowest BCUT2D eigenvalue weighted by Gasteiger charge is -2.41. The minimum absolute atomic E-state index is 0.0600. The van der Waals surface area contributed by atoms with E-state index in [-0.39, 0.29) is 23.6 Å². The Labute approximate surface area is 250 Å². The molecule has 0 bridgehead atoms. The van der Waals surface area contributed by atoms with Crippen molar-refractivity contribution < 1.29 is 23.0 Å². The number of aryl methyl sites for hydroxylation is 1. The summed E-state index contributed by atoms with van der Waals surface area (Å²) in [5.74, 6) is -0.830. The molecule has 2 heterocycles. The van der Waals surface area contributed by atoms with E-state index in [4.69, 9.17) is 14.2 Å². The summed E-state index contributed by atoms with van der Waals surface area (Å²) in [7, 11) is 0. The van der Waals surface area contributed by atoms with Crippen LogP contribution >= 0.6 is 0 Å². The van der Waals surface area contributed by atoms with Gasteiger partial charge in [0.05, 0.1) is 11.1 Å². The molecule has 3 atom stereocenters. The average Bonchev–Trinajstić information content (AvgIpc) is 2.94. The number of aliphatic hydroxyl groups excluding tert-OH is 1. The second-order valence-corrected chi connectivity index (χ2v) is 12.5. The average molecular weight is 588 g/mol. The third-order valence-corrected chi connectivity index (χ3v) is 8.07. The Balaban J connectivity index is 1.58. The summed E-state index contributed by atoms with van der Waals surface area (Å²) >= 11 is -1.97. The van der Waals surface area contributed by atoms with Crippen LogP contribution in [0.3, 0.4) is 0 Å².